The van der Waals surface area contributed by atoms with Crippen LogP contribution in [0, 0.1) is 0 Å². The third-order valence-corrected chi connectivity index (χ3v) is 3.71. The number of amides is 1. The molecule has 0 unspecified atom stereocenters. The largest absolute Gasteiger partial charge is 0.478 e. The Balaban J connectivity index is 1.83. The van der Waals surface area contributed by atoms with Crippen LogP contribution >= 0.6 is 11.3 Å². The summed E-state index contributed by atoms with van der Waals surface area (Å²) in [6, 6.07) is 11.4. The molecule has 0 aliphatic carbocycles. The van der Waals surface area contributed by atoms with E-state index in [-0.39, 0.29) is 5.91 Å². The normalized spacial score (nSPS) is 10.7. The van der Waals surface area contributed by atoms with Gasteiger partial charge in [-0.05, 0) is 28.6 Å². The van der Waals surface area contributed by atoms with E-state index in [2.05, 4.69) is 5.32 Å². The Labute approximate surface area is 126 Å². The topological polar surface area (TPSA) is 66.4 Å². The van der Waals surface area contributed by atoms with Gasteiger partial charge in [0.2, 0.25) is 5.91 Å². The molecular weight excluding hydrogens is 286 g/mol. The first-order chi connectivity index (χ1) is 10.1. The Morgan fingerprint density at radius 3 is 2.71 bits per heavy atom. The molecule has 1 aromatic carbocycles. The summed E-state index contributed by atoms with van der Waals surface area (Å²) >= 11 is 1.49. The summed E-state index contributed by atoms with van der Waals surface area (Å²) in [5.41, 5.74) is 1.81. The van der Waals surface area contributed by atoms with Crippen LogP contribution in [0.5, 0.6) is 0 Å². The SMILES string of the molecule is O=C(O)C=Cc1csc(CNC(=O)Cc2ccccc2)c1. The van der Waals surface area contributed by atoms with Crippen LogP contribution in [0.15, 0.2) is 47.9 Å². The average molecular weight is 301 g/mol. The summed E-state index contributed by atoms with van der Waals surface area (Å²) in [4.78, 5) is 23.2. The summed E-state index contributed by atoms with van der Waals surface area (Å²) in [7, 11) is 0. The maximum atomic E-state index is 11.8. The fourth-order valence-electron chi connectivity index (χ4n) is 1.77. The molecule has 5 heteroatoms. The zero-order chi connectivity index (χ0) is 15.1. The summed E-state index contributed by atoms with van der Waals surface area (Å²) in [5, 5.41) is 13.3. The highest BCUT2D eigenvalue weighted by Crippen LogP contribution is 2.15. The minimum absolute atomic E-state index is 0.0303. The molecule has 1 aromatic heterocycles. The predicted octanol–water partition coefficient (Wildman–Crippen LogP) is 2.70. The van der Waals surface area contributed by atoms with E-state index >= 15 is 0 Å². The van der Waals surface area contributed by atoms with Gasteiger partial charge in [-0.15, -0.1) is 11.3 Å². The van der Waals surface area contributed by atoms with Crippen molar-refractivity contribution in [3.05, 3.63) is 63.9 Å². The number of carboxylic acids is 1. The Morgan fingerprint density at radius 1 is 1.24 bits per heavy atom. The van der Waals surface area contributed by atoms with E-state index in [4.69, 9.17) is 5.11 Å². The van der Waals surface area contributed by atoms with Crippen molar-refractivity contribution in [1.82, 2.24) is 5.32 Å². The third-order valence-electron chi connectivity index (χ3n) is 2.76. The van der Waals surface area contributed by atoms with Crippen LogP contribution in [-0.4, -0.2) is 17.0 Å². The van der Waals surface area contributed by atoms with Crippen molar-refractivity contribution in [3.8, 4) is 0 Å². The smallest absolute Gasteiger partial charge is 0.328 e. The maximum absolute atomic E-state index is 11.8. The second-order valence-corrected chi connectivity index (χ2v) is 5.45. The van der Waals surface area contributed by atoms with Crippen LogP contribution in [0.1, 0.15) is 16.0 Å². The van der Waals surface area contributed by atoms with Crippen molar-refractivity contribution in [3.63, 3.8) is 0 Å². The first-order valence-electron chi connectivity index (χ1n) is 6.42. The second-order valence-electron chi connectivity index (χ2n) is 4.46. The molecule has 0 atom stereocenters. The molecule has 2 rings (SSSR count). The summed E-state index contributed by atoms with van der Waals surface area (Å²) in [5.74, 6) is -1.00. The zero-order valence-corrected chi connectivity index (χ0v) is 12.1. The number of hydrogen-bond donors (Lipinski definition) is 2. The lowest BCUT2D eigenvalue weighted by Crippen LogP contribution is -2.24. The zero-order valence-electron chi connectivity index (χ0n) is 11.3. The summed E-state index contributed by atoms with van der Waals surface area (Å²) in [6.45, 7) is 0.456. The quantitative estimate of drug-likeness (QED) is 0.806. The van der Waals surface area contributed by atoms with Gasteiger partial charge < -0.3 is 10.4 Å². The number of nitrogens with one attached hydrogen (secondary N) is 1. The van der Waals surface area contributed by atoms with Crippen molar-refractivity contribution in [1.29, 1.82) is 0 Å². The number of rotatable bonds is 6. The van der Waals surface area contributed by atoms with Gasteiger partial charge in [0.25, 0.3) is 0 Å². The number of hydrogen-bond acceptors (Lipinski definition) is 3. The third kappa shape index (κ3) is 5.24. The van der Waals surface area contributed by atoms with E-state index in [9.17, 15) is 9.59 Å². The molecule has 0 aliphatic heterocycles. The average Bonchev–Trinajstić information content (AvgIpc) is 2.92. The Morgan fingerprint density at radius 2 is 2.00 bits per heavy atom. The van der Waals surface area contributed by atoms with E-state index in [1.807, 2.05) is 41.8 Å². The number of thiophene rings is 1. The molecule has 1 amide bonds. The van der Waals surface area contributed by atoms with Crippen molar-refractivity contribution in [2.75, 3.05) is 0 Å². The molecule has 1 heterocycles. The standard InChI is InChI=1S/C16H15NO3S/c18-15(9-12-4-2-1-3-5-12)17-10-14-8-13(11-21-14)6-7-16(19)20/h1-8,11H,9-10H2,(H,17,18)(H,19,20). The molecule has 0 radical (unpaired) electrons. The van der Waals surface area contributed by atoms with Gasteiger partial charge in [-0.25, -0.2) is 4.79 Å². The van der Waals surface area contributed by atoms with Crippen LogP contribution in [0.3, 0.4) is 0 Å². The first-order valence-corrected chi connectivity index (χ1v) is 7.30. The van der Waals surface area contributed by atoms with Crippen LogP contribution in [-0.2, 0) is 22.6 Å². The maximum Gasteiger partial charge on any atom is 0.328 e. The molecule has 0 fully saturated rings. The first kappa shape index (κ1) is 15.0. The van der Waals surface area contributed by atoms with Gasteiger partial charge in [-0.3, -0.25) is 4.79 Å². The Kier molecular flexibility index (Phi) is 5.29. The Bertz CT molecular complexity index is 647. The van der Waals surface area contributed by atoms with Crippen molar-refractivity contribution in [2.24, 2.45) is 0 Å². The van der Waals surface area contributed by atoms with Crippen molar-refractivity contribution < 1.29 is 14.7 Å². The lowest BCUT2D eigenvalue weighted by molar-refractivity contribution is -0.131. The minimum atomic E-state index is -0.973. The second kappa shape index (κ2) is 7.40. The molecule has 0 spiro atoms. The molecule has 4 nitrogen and oxygen atoms in total. The van der Waals surface area contributed by atoms with Gasteiger partial charge in [-0.1, -0.05) is 30.3 Å². The van der Waals surface area contributed by atoms with Crippen molar-refractivity contribution in [2.45, 2.75) is 13.0 Å². The van der Waals surface area contributed by atoms with Gasteiger partial charge in [0.1, 0.15) is 0 Å². The van der Waals surface area contributed by atoms with Gasteiger partial charge in [0.05, 0.1) is 13.0 Å². The lowest BCUT2D eigenvalue weighted by atomic mass is 10.1. The van der Waals surface area contributed by atoms with E-state index in [0.29, 0.717) is 13.0 Å². The highest BCUT2D eigenvalue weighted by molar-refractivity contribution is 7.10. The molecule has 21 heavy (non-hydrogen) atoms. The molecule has 2 N–H and O–H groups in total. The fraction of sp³-hybridized carbons (Fsp3) is 0.125. The molecule has 0 saturated heterocycles. The van der Waals surface area contributed by atoms with Gasteiger partial charge in [-0.2, -0.15) is 0 Å². The summed E-state index contributed by atoms with van der Waals surface area (Å²) < 4.78 is 0. The molecule has 0 aliphatic rings. The molecule has 0 saturated carbocycles. The van der Waals surface area contributed by atoms with Crippen molar-refractivity contribution >= 4 is 29.3 Å². The monoisotopic (exact) mass is 301 g/mol. The van der Waals surface area contributed by atoms with E-state index in [0.717, 1.165) is 22.1 Å². The Hall–Kier alpha value is -2.40. The molecule has 2 aromatic rings. The number of aliphatic carboxylic acids is 1. The number of benzene rings is 1. The van der Waals surface area contributed by atoms with E-state index in [1.54, 1.807) is 0 Å². The van der Waals surface area contributed by atoms with Crippen LogP contribution in [0.25, 0.3) is 6.08 Å². The van der Waals surface area contributed by atoms with Gasteiger partial charge in [0, 0.05) is 11.0 Å². The van der Waals surface area contributed by atoms with Crippen LogP contribution in [0.4, 0.5) is 0 Å². The molecule has 108 valence electrons. The molecular formula is C16H15NO3S. The minimum Gasteiger partial charge on any atom is -0.478 e. The number of carbonyl (C=O) groups is 2. The van der Waals surface area contributed by atoms with Crippen LogP contribution in [0.2, 0.25) is 0 Å². The number of carboxylic acid groups (broad SMARTS) is 1. The number of carbonyl (C=O) groups excluding carboxylic acids is 1. The summed E-state index contributed by atoms with van der Waals surface area (Å²) in [6.07, 6.45) is 2.99. The van der Waals surface area contributed by atoms with E-state index < -0.39 is 5.97 Å². The molecule has 0 bridgehead atoms. The fourth-order valence-corrected chi connectivity index (χ4v) is 2.57. The highest BCUT2D eigenvalue weighted by Gasteiger charge is 2.04. The van der Waals surface area contributed by atoms with E-state index in [1.165, 1.54) is 17.4 Å². The predicted molar refractivity (Wildman–Crippen MR) is 83.0 cm³/mol. The van der Waals surface area contributed by atoms with Gasteiger partial charge in [0.15, 0.2) is 0 Å². The van der Waals surface area contributed by atoms with Gasteiger partial charge >= 0.3 is 5.97 Å². The lowest BCUT2D eigenvalue weighted by Gasteiger charge is -2.03. The van der Waals surface area contributed by atoms with Crippen LogP contribution < -0.4 is 5.32 Å². The highest BCUT2D eigenvalue weighted by atomic mass is 32.1.